The van der Waals surface area contributed by atoms with Gasteiger partial charge in [-0.15, -0.1) is 0 Å². The summed E-state index contributed by atoms with van der Waals surface area (Å²) in [7, 11) is 3.12. The van der Waals surface area contributed by atoms with Gasteiger partial charge in [0.2, 0.25) is 4.96 Å². The molecule has 0 saturated carbocycles. The first-order chi connectivity index (χ1) is 17.4. The molecule has 10 heteroatoms. The first-order valence-corrected chi connectivity index (χ1v) is 12.5. The number of hydrogen-bond donors (Lipinski definition) is 0. The molecule has 1 saturated heterocycles. The summed E-state index contributed by atoms with van der Waals surface area (Å²) in [6.45, 7) is 5.14. The first kappa shape index (κ1) is 24.0. The Balaban J connectivity index is 1.25. The highest BCUT2D eigenvalue weighted by atomic mass is 32.1. The van der Waals surface area contributed by atoms with E-state index in [1.54, 1.807) is 38.5 Å². The van der Waals surface area contributed by atoms with Crippen molar-refractivity contribution in [3.8, 4) is 22.1 Å². The predicted molar refractivity (Wildman–Crippen MR) is 138 cm³/mol. The topological polar surface area (TPSA) is 89.3 Å². The van der Waals surface area contributed by atoms with E-state index in [4.69, 9.17) is 14.5 Å². The molecule has 0 bridgehead atoms. The zero-order valence-corrected chi connectivity index (χ0v) is 21.2. The minimum Gasteiger partial charge on any atom is -0.493 e. The quantitative estimate of drug-likeness (QED) is 0.398. The third-order valence-corrected chi connectivity index (χ3v) is 7.23. The molecule has 3 heterocycles. The number of aryl methyl sites for hydroxylation is 1. The molecule has 0 radical (unpaired) electrons. The lowest BCUT2D eigenvalue weighted by Crippen LogP contribution is -2.48. The zero-order chi connectivity index (χ0) is 25.2. The Kier molecular flexibility index (Phi) is 6.71. The normalized spacial score (nSPS) is 14.2. The van der Waals surface area contributed by atoms with Gasteiger partial charge in [-0.1, -0.05) is 41.2 Å². The van der Waals surface area contributed by atoms with Gasteiger partial charge in [-0.25, -0.2) is 4.98 Å². The summed E-state index contributed by atoms with van der Waals surface area (Å²) >= 11 is 1.40. The number of carbonyl (C=O) groups excluding carboxylic acids is 1. The number of hydrogen-bond acceptors (Lipinski definition) is 8. The predicted octanol–water partition coefficient (Wildman–Crippen LogP) is 3.10. The fourth-order valence-corrected chi connectivity index (χ4v) is 5.17. The van der Waals surface area contributed by atoms with Crippen LogP contribution in [0.15, 0.2) is 53.3 Å². The summed E-state index contributed by atoms with van der Waals surface area (Å²) in [6, 6.07) is 14.8. The van der Waals surface area contributed by atoms with E-state index in [0.717, 1.165) is 10.6 Å². The van der Waals surface area contributed by atoms with Crippen molar-refractivity contribution < 1.29 is 14.3 Å². The summed E-state index contributed by atoms with van der Waals surface area (Å²) in [5.74, 6) is 1.08. The summed E-state index contributed by atoms with van der Waals surface area (Å²) in [4.78, 5) is 35.0. The molecule has 2 aromatic heterocycles. The lowest BCUT2D eigenvalue weighted by Gasteiger charge is -2.34. The largest absolute Gasteiger partial charge is 0.493 e. The second-order valence-electron chi connectivity index (χ2n) is 8.69. The van der Waals surface area contributed by atoms with E-state index in [2.05, 4.69) is 10.00 Å². The number of methoxy groups -OCH3 is 2. The van der Waals surface area contributed by atoms with E-state index < -0.39 is 0 Å². The fraction of sp³-hybridized carbons (Fsp3) is 0.308. The molecule has 1 fully saturated rings. The third kappa shape index (κ3) is 4.82. The van der Waals surface area contributed by atoms with Crippen molar-refractivity contribution in [2.24, 2.45) is 0 Å². The van der Waals surface area contributed by atoms with Crippen LogP contribution in [-0.4, -0.2) is 70.7 Å². The Morgan fingerprint density at radius 1 is 0.972 bits per heavy atom. The van der Waals surface area contributed by atoms with E-state index in [-0.39, 0.29) is 11.5 Å². The van der Waals surface area contributed by atoms with E-state index >= 15 is 0 Å². The van der Waals surface area contributed by atoms with E-state index in [9.17, 15) is 9.59 Å². The second kappa shape index (κ2) is 10.1. The SMILES string of the molecule is COc1ccc(C(=O)N2CCN(Cc3cc(=O)n4nc(-c5ccc(C)cc5)sc4n3)CC2)cc1OC. The van der Waals surface area contributed by atoms with E-state index in [0.29, 0.717) is 60.4 Å². The van der Waals surface area contributed by atoms with E-state index in [1.165, 1.54) is 21.4 Å². The molecule has 2 aromatic carbocycles. The molecular formula is C26H27N5O4S. The number of ether oxygens (including phenoxy) is 2. The molecule has 0 aliphatic carbocycles. The molecule has 1 aliphatic rings. The van der Waals surface area contributed by atoms with Crippen LogP contribution in [0.25, 0.3) is 15.5 Å². The first-order valence-electron chi connectivity index (χ1n) is 11.7. The van der Waals surface area contributed by atoms with E-state index in [1.807, 2.05) is 36.1 Å². The number of carbonyl (C=O) groups is 1. The van der Waals surface area contributed by atoms with Gasteiger partial charge in [0.25, 0.3) is 11.5 Å². The van der Waals surface area contributed by atoms with Crippen LogP contribution in [0.4, 0.5) is 0 Å². The van der Waals surface area contributed by atoms with Gasteiger partial charge in [0.15, 0.2) is 11.5 Å². The average molecular weight is 506 g/mol. The monoisotopic (exact) mass is 505 g/mol. The Morgan fingerprint density at radius 3 is 2.39 bits per heavy atom. The van der Waals surface area contributed by atoms with Gasteiger partial charge in [0.05, 0.1) is 19.9 Å². The van der Waals surface area contributed by atoms with Crippen LogP contribution in [0.1, 0.15) is 21.6 Å². The molecule has 0 N–H and O–H groups in total. The van der Waals surface area contributed by atoms with Crippen molar-refractivity contribution in [3.63, 3.8) is 0 Å². The van der Waals surface area contributed by atoms with Gasteiger partial charge in [0, 0.05) is 49.9 Å². The number of aromatic nitrogens is 3. The highest BCUT2D eigenvalue weighted by Crippen LogP contribution is 2.28. The van der Waals surface area contributed by atoms with Gasteiger partial charge >= 0.3 is 0 Å². The van der Waals surface area contributed by atoms with Crippen LogP contribution in [0, 0.1) is 6.92 Å². The number of fused-ring (bicyclic) bond motifs is 1. The van der Waals surface area contributed by atoms with Crippen molar-refractivity contribution in [1.82, 2.24) is 24.4 Å². The van der Waals surface area contributed by atoms with Crippen molar-refractivity contribution in [2.75, 3.05) is 40.4 Å². The average Bonchev–Trinajstić information content (AvgIpc) is 3.33. The number of benzene rings is 2. The molecular weight excluding hydrogens is 478 g/mol. The Hall–Kier alpha value is -3.76. The fourth-order valence-electron chi connectivity index (χ4n) is 4.24. The second-order valence-corrected chi connectivity index (χ2v) is 9.65. The molecule has 186 valence electrons. The molecule has 0 atom stereocenters. The summed E-state index contributed by atoms with van der Waals surface area (Å²) < 4.78 is 12.0. The van der Waals surface area contributed by atoms with Gasteiger partial charge < -0.3 is 14.4 Å². The molecule has 9 nitrogen and oxygen atoms in total. The molecule has 36 heavy (non-hydrogen) atoms. The zero-order valence-electron chi connectivity index (χ0n) is 20.4. The van der Waals surface area contributed by atoms with Gasteiger partial charge in [-0.2, -0.15) is 9.61 Å². The maximum atomic E-state index is 13.0. The van der Waals surface area contributed by atoms with Crippen LogP contribution < -0.4 is 15.0 Å². The maximum Gasteiger partial charge on any atom is 0.275 e. The molecule has 1 amide bonds. The highest BCUT2D eigenvalue weighted by Gasteiger charge is 2.24. The smallest absolute Gasteiger partial charge is 0.275 e. The lowest BCUT2D eigenvalue weighted by molar-refractivity contribution is 0.0626. The maximum absolute atomic E-state index is 13.0. The number of nitrogens with zero attached hydrogens (tertiary/aromatic N) is 5. The van der Waals surface area contributed by atoms with Crippen LogP contribution in [0.5, 0.6) is 11.5 Å². The van der Waals surface area contributed by atoms with Gasteiger partial charge in [0.1, 0.15) is 5.01 Å². The minimum absolute atomic E-state index is 0.0401. The summed E-state index contributed by atoms with van der Waals surface area (Å²) in [6.07, 6.45) is 0. The van der Waals surface area contributed by atoms with Crippen LogP contribution >= 0.6 is 11.3 Å². The number of amides is 1. The van der Waals surface area contributed by atoms with Crippen molar-refractivity contribution in [2.45, 2.75) is 13.5 Å². The minimum atomic E-state index is -0.188. The molecule has 5 rings (SSSR count). The van der Waals surface area contributed by atoms with Crippen LogP contribution in [-0.2, 0) is 6.54 Å². The van der Waals surface area contributed by atoms with Gasteiger partial charge in [-0.05, 0) is 25.1 Å². The molecule has 0 spiro atoms. The standard InChI is InChI=1S/C26H27N5O4S/c1-17-4-6-18(7-5-17)24-28-31-23(32)15-20(27-26(31)36-24)16-29-10-12-30(13-11-29)25(33)19-8-9-21(34-2)22(14-19)35-3/h4-9,14-15H,10-13,16H2,1-3H3. The van der Waals surface area contributed by atoms with Crippen LogP contribution in [0.3, 0.4) is 0 Å². The molecule has 4 aromatic rings. The van der Waals surface area contributed by atoms with Crippen molar-refractivity contribution in [1.29, 1.82) is 0 Å². The lowest BCUT2D eigenvalue weighted by atomic mass is 10.1. The Bertz CT molecular complexity index is 1460. The van der Waals surface area contributed by atoms with Crippen molar-refractivity contribution >= 4 is 22.2 Å². The van der Waals surface area contributed by atoms with Gasteiger partial charge in [-0.3, -0.25) is 14.5 Å². The number of rotatable bonds is 6. The Morgan fingerprint density at radius 2 is 1.69 bits per heavy atom. The number of piperazine rings is 1. The Labute approximate surface area is 212 Å². The molecule has 0 unspecified atom stereocenters. The molecule has 1 aliphatic heterocycles. The van der Waals surface area contributed by atoms with Crippen LogP contribution in [0.2, 0.25) is 0 Å². The highest BCUT2D eigenvalue weighted by molar-refractivity contribution is 7.19. The summed E-state index contributed by atoms with van der Waals surface area (Å²) in [5.41, 5.74) is 3.22. The van der Waals surface area contributed by atoms with Crippen molar-refractivity contribution in [3.05, 3.63) is 75.7 Å². The summed E-state index contributed by atoms with van der Waals surface area (Å²) in [5, 5.41) is 5.23. The third-order valence-electron chi connectivity index (χ3n) is 6.27.